The van der Waals surface area contributed by atoms with E-state index in [-0.39, 0.29) is 12.0 Å². The minimum atomic E-state index is -0.742. The molecule has 0 radical (unpaired) electrons. The zero-order valence-electron chi connectivity index (χ0n) is 13.8. The van der Waals surface area contributed by atoms with Gasteiger partial charge in [-0.05, 0) is 63.9 Å². The van der Waals surface area contributed by atoms with Crippen LogP contribution in [0.1, 0.15) is 44.7 Å². The lowest BCUT2D eigenvalue weighted by Crippen LogP contribution is -2.55. The van der Waals surface area contributed by atoms with Crippen molar-refractivity contribution in [3.63, 3.8) is 0 Å². The minimum absolute atomic E-state index is 0.104. The molecule has 0 aliphatic carbocycles. The Balaban J connectivity index is 2.73. The summed E-state index contributed by atoms with van der Waals surface area (Å²) in [5.74, 6) is 0.495. The number of rotatable bonds is 8. The van der Waals surface area contributed by atoms with Crippen LogP contribution in [0.2, 0.25) is 0 Å². The van der Waals surface area contributed by atoms with Crippen LogP contribution in [0.4, 0.5) is 0 Å². The first kappa shape index (κ1) is 17.5. The van der Waals surface area contributed by atoms with Gasteiger partial charge in [-0.25, -0.2) is 0 Å². The van der Waals surface area contributed by atoms with Gasteiger partial charge in [0.25, 0.3) is 0 Å². The van der Waals surface area contributed by atoms with Gasteiger partial charge in [0.15, 0.2) is 0 Å². The maximum Gasteiger partial charge on any atom is 0.237 e. The summed E-state index contributed by atoms with van der Waals surface area (Å²) in [5.41, 5.74) is 7.13. The molecule has 3 N–H and O–H groups in total. The number of nitrogens with one attached hydrogen (secondary N) is 1. The molecule has 4 heteroatoms. The smallest absolute Gasteiger partial charge is 0.237 e. The Kier molecular flexibility index (Phi) is 6.21. The number of aryl methyl sites for hydroxylation is 2. The maximum atomic E-state index is 11.7. The largest absolute Gasteiger partial charge is 0.491 e. The van der Waals surface area contributed by atoms with Gasteiger partial charge in [-0.3, -0.25) is 4.79 Å². The second-order valence-corrected chi connectivity index (χ2v) is 6.08. The van der Waals surface area contributed by atoms with Crippen LogP contribution in [0.5, 0.6) is 5.75 Å². The third kappa shape index (κ3) is 5.38. The van der Waals surface area contributed by atoms with Gasteiger partial charge in [-0.1, -0.05) is 13.0 Å². The van der Waals surface area contributed by atoms with Crippen LogP contribution in [-0.2, 0) is 4.79 Å². The van der Waals surface area contributed by atoms with E-state index in [0.717, 1.165) is 18.7 Å². The molecule has 1 aromatic rings. The lowest BCUT2D eigenvalue weighted by molar-refractivity contribution is -0.124. The third-order valence-electron chi connectivity index (χ3n) is 3.54. The van der Waals surface area contributed by atoms with Crippen LogP contribution in [0, 0.1) is 13.8 Å². The zero-order valence-corrected chi connectivity index (χ0v) is 13.8. The molecule has 1 amide bonds. The van der Waals surface area contributed by atoms with Crippen molar-refractivity contribution < 1.29 is 9.53 Å². The second kappa shape index (κ2) is 7.46. The van der Waals surface area contributed by atoms with Crippen LogP contribution in [-0.4, -0.2) is 24.1 Å². The number of ether oxygens (including phenoxy) is 1. The Hall–Kier alpha value is -1.55. The van der Waals surface area contributed by atoms with Gasteiger partial charge in [-0.15, -0.1) is 0 Å². The van der Waals surface area contributed by atoms with E-state index in [1.54, 1.807) is 0 Å². The van der Waals surface area contributed by atoms with E-state index < -0.39 is 5.54 Å². The van der Waals surface area contributed by atoms with Crippen LogP contribution in [0.3, 0.4) is 0 Å². The SMILES string of the molecule is CCCNC(C)(CC(C)Oc1cc(C)cc(C)c1)C(N)=O. The van der Waals surface area contributed by atoms with E-state index >= 15 is 0 Å². The lowest BCUT2D eigenvalue weighted by Gasteiger charge is -2.30. The molecule has 1 aromatic carbocycles. The number of hydrogen-bond donors (Lipinski definition) is 2. The van der Waals surface area contributed by atoms with Crippen molar-refractivity contribution in [2.75, 3.05) is 6.54 Å². The molecule has 0 saturated heterocycles. The molecule has 0 aliphatic heterocycles. The highest BCUT2D eigenvalue weighted by Gasteiger charge is 2.32. The van der Waals surface area contributed by atoms with Gasteiger partial charge in [0.05, 0.1) is 11.6 Å². The molecule has 0 fully saturated rings. The summed E-state index contributed by atoms with van der Waals surface area (Å²) in [6.45, 7) is 10.7. The number of carbonyl (C=O) groups excluding carboxylic acids is 1. The number of primary amides is 1. The van der Waals surface area contributed by atoms with Crippen LogP contribution in [0.15, 0.2) is 18.2 Å². The number of benzene rings is 1. The summed E-state index contributed by atoms with van der Waals surface area (Å²) in [4.78, 5) is 11.7. The van der Waals surface area contributed by atoms with Crippen molar-refractivity contribution >= 4 is 5.91 Å². The first-order valence-electron chi connectivity index (χ1n) is 7.56. The molecule has 0 spiro atoms. The Morgan fingerprint density at radius 2 is 1.90 bits per heavy atom. The van der Waals surface area contributed by atoms with Gasteiger partial charge in [-0.2, -0.15) is 0 Å². The van der Waals surface area contributed by atoms with Crippen molar-refractivity contribution in [3.8, 4) is 5.75 Å². The maximum absolute atomic E-state index is 11.7. The Labute approximate surface area is 128 Å². The highest BCUT2D eigenvalue weighted by atomic mass is 16.5. The monoisotopic (exact) mass is 292 g/mol. The molecule has 21 heavy (non-hydrogen) atoms. The number of nitrogens with two attached hydrogens (primary N) is 1. The molecule has 1 rings (SSSR count). The topological polar surface area (TPSA) is 64.3 Å². The van der Waals surface area contributed by atoms with Crippen molar-refractivity contribution in [2.45, 2.75) is 59.1 Å². The summed E-state index contributed by atoms with van der Waals surface area (Å²) in [5, 5.41) is 3.23. The molecule has 4 nitrogen and oxygen atoms in total. The van der Waals surface area contributed by atoms with E-state index in [2.05, 4.69) is 18.3 Å². The standard InChI is InChI=1S/C17H28N2O2/c1-6-7-19-17(5,16(18)20)11-14(4)21-15-9-12(2)8-13(3)10-15/h8-10,14,19H,6-7,11H2,1-5H3,(H2,18,20). The summed E-state index contributed by atoms with van der Waals surface area (Å²) in [6, 6.07) is 6.11. The molecule has 0 saturated carbocycles. The predicted octanol–water partition coefficient (Wildman–Crippen LogP) is 2.70. The predicted molar refractivity (Wildman–Crippen MR) is 86.5 cm³/mol. The van der Waals surface area contributed by atoms with Gasteiger partial charge in [0.2, 0.25) is 5.91 Å². The number of hydrogen-bond acceptors (Lipinski definition) is 3. The molecule has 0 aliphatic rings. The summed E-state index contributed by atoms with van der Waals surface area (Å²) < 4.78 is 5.95. The van der Waals surface area contributed by atoms with Gasteiger partial charge in [0, 0.05) is 6.42 Å². The Morgan fingerprint density at radius 3 is 2.38 bits per heavy atom. The molecular weight excluding hydrogens is 264 g/mol. The van der Waals surface area contributed by atoms with Gasteiger partial charge >= 0.3 is 0 Å². The quantitative estimate of drug-likeness (QED) is 0.774. The minimum Gasteiger partial charge on any atom is -0.491 e. The molecule has 2 atom stereocenters. The molecule has 0 aromatic heterocycles. The van der Waals surface area contributed by atoms with Crippen molar-refractivity contribution in [3.05, 3.63) is 29.3 Å². The number of amides is 1. The summed E-state index contributed by atoms with van der Waals surface area (Å²) >= 11 is 0. The van der Waals surface area contributed by atoms with E-state index in [1.807, 2.05) is 39.8 Å². The molecule has 0 heterocycles. The highest BCUT2D eigenvalue weighted by Crippen LogP contribution is 2.21. The number of carbonyl (C=O) groups is 1. The molecule has 0 bridgehead atoms. The van der Waals surface area contributed by atoms with Gasteiger partial charge in [0.1, 0.15) is 5.75 Å². The van der Waals surface area contributed by atoms with E-state index in [1.165, 1.54) is 11.1 Å². The van der Waals surface area contributed by atoms with Crippen molar-refractivity contribution in [2.24, 2.45) is 5.73 Å². The molecule has 118 valence electrons. The summed E-state index contributed by atoms with van der Waals surface area (Å²) in [6.07, 6.45) is 1.39. The summed E-state index contributed by atoms with van der Waals surface area (Å²) in [7, 11) is 0. The van der Waals surface area contributed by atoms with Gasteiger partial charge < -0.3 is 15.8 Å². The zero-order chi connectivity index (χ0) is 16.0. The highest BCUT2D eigenvalue weighted by molar-refractivity contribution is 5.84. The van der Waals surface area contributed by atoms with E-state index in [0.29, 0.717) is 6.42 Å². The Morgan fingerprint density at radius 1 is 1.33 bits per heavy atom. The lowest BCUT2D eigenvalue weighted by atomic mass is 9.93. The molecule has 2 unspecified atom stereocenters. The normalized spacial score (nSPS) is 15.3. The fourth-order valence-corrected chi connectivity index (χ4v) is 2.51. The third-order valence-corrected chi connectivity index (χ3v) is 3.54. The first-order valence-corrected chi connectivity index (χ1v) is 7.56. The average molecular weight is 292 g/mol. The van der Waals surface area contributed by atoms with Crippen LogP contribution >= 0.6 is 0 Å². The van der Waals surface area contributed by atoms with Crippen molar-refractivity contribution in [1.29, 1.82) is 0 Å². The van der Waals surface area contributed by atoms with E-state index in [4.69, 9.17) is 10.5 Å². The fourth-order valence-electron chi connectivity index (χ4n) is 2.51. The first-order chi connectivity index (χ1) is 9.76. The van der Waals surface area contributed by atoms with Crippen LogP contribution < -0.4 is 15.8 Å². The fraction of sp³-hybridized carbons (Fsp3) is 0.588. The molecular formula is C17H28N2O2. The van der Waals surface area contributed by atoms with E-state index in [9.17, 15) is 4.79 Å². The Bertz CT molecular complexity index is 467. The average Bonchev–Trinajstić information content (AvgIpc) is 2.34. The van der Waals surface area contributed by atoms with Crippen LogP contribution in [0.25, 0.3) is 0 Å². The van der Waals surface area contributed by atoms with Crippen molar-refractivity contribution in [1.82, 2.24) is 5.32 Å². The second-order valence-electron chi connectivity index (χ2n) is 6.08.